The van der Waals surface area contributed by atoms with Gasteiger partial charge in [0, 0.05) is 7.05 Å². The molecule has 0 unspecified atom stereocenters. The van der Waals surface area contributed by atoms with Gasteiger partial charge in [-0.15, -0.1) is 0 Å². The molecule has 4 nitrogen and oxygen atoms in total. The first-order valence-corrected chi connectivity index (χ1v) is 6.90. The third kappa shape index (κ3) is 6.76. The summed E-state index contributed by atoms with van der Waals surface area (Å²) >= 11 is 4.90. The van der Waals surface area contributed by atoms with Crippen LogP contribution in [-0.4, -0.2) is 25.0 Å². The number of ether oxygens (including phenoxy) is 1. The summed E-state index contributed by atoms with van der Waals surface area (Å²) in [7, 11) is 1.75. The van der Waals surface area contributed by atoms with E-state index in [1.807, 2.05) is 24.3 Å². The standard InChI is InChI=1S/C14H21N3OS/c1-3-4-5-10-18-13-8-6-12(7-9-13)11-16-17-14(19)15-2/h6-9,11H,3-5,10H2,1-2H3,(H2,15,17,19)/b16-11-. The fraction of sp³-hybridized carbons (Fsp3) is 0.429. The number of nitrogens with one attached hydrogen (secondary N) is 2. The molecule has 1 aromatic carbocycles. The van der Waals surface area contributed by atoms with E-state index in [1.54, 1.807) is 13.3 Å². The van der Waals surface area contributed by atoms with E-state index in [-0.39, 0.29) is 0 Å². The molecule has 0 spiro atoms. The minimum absolute atomic E-state index is 0.493. The Kier molecular flexibility index (Phi) is 7.58. The summed E-state index contributed by atoms with van der Waals surface area (Å²) in [5, 5.41) is 7.28. The van der Waals surface area contributed by atoms with Crippen LogP contribution in [0.1, 0.15) is 31.7 Å². The molecular formula is C14H21N3OS. The van der Waals surface area contributed by atoms with Crippen molar-refractivity contribution in [2.24, 2.45) is 5.10 Å². The van der Waals surface area contributed by atoms with Gasteiger partial charge in [-0.2, -0.15) is 5.10 Å². The third-order valence-corrected chi connectivity index (χ3v) is 2.80. The Morgan fingerprint density at radius 3 is 2.68 bits per heavy atom. The van der Waals surface area contributed by atoms with E-state index in [1.165, 1.54) is 12.8 Å². The van der Waals surface area contributed by atoms with Crippen LogP contribution in [0.4, 0.5) is 0 Å². The topological polar surface area (TPSA) is 45.6 Å². The Morgan fingerprint density at radius 1 is 1.32 bits per heavy atom. The number of nitrogens with zero attached hydrogens (tertiary/aromatic N) is 1. The predicted molar refractivity (Wildman–Crippen MR) is 83.8 cm³/mol. The second-order valence-electron chi connectivity index (χ2n) is 4.07. The Balaban J connectivity index is 2.36. The molecule has 1 rings (SSSR count). The van der Waals surface area contributed by atoms with Gasteiger partial charge in [-0.05, 0) is 48.5 Å². The smallest absolute Gasteiger partial charge is 0.186 e. The predicted octanol–water partition coefficient (Wildman–Crippen LogP) is 2.68. The largest absolute Gasteiger partial charge is 0.494 e. The van der Waals surface area contributed by atoms with Gasteiger partial charge in [-0.1, -0.05) is 19.8 Å². The summed E-state index contributed by atoms with van der Waals surface area (Å²) < 4.78 is 5.63. The van der Waals surface area contributed by atoms with E-state index >= 15 is 0 Å². The first-order valence-electron chi connectivity index (χ1n) is 6.50. The quantitative estimate of drug-likeness (QED) is 0.349. The third-order valence-electron chi connectivity index (χ3n) is 2.50. The van der Waals surface area contributed by atoms with Gasteiger partial charge in [-0.3, -0.25) is 5.43 Å². The van der Waals surface area contributed by atoms with Gasteiger partial charge in [0.1, 0.15) is 5.75 Å². The lowest BCUT2D eigenvalue weighted by atomic mass is 10.2. The second-order valence-corrected chi connectivity index (χ2v) is 4.48. The number of hydrogen-bond acceptors (Lipinski definition) is 3. The van der Waals surface area contributed by atoms with E-state index < -0.39 is 0 Å². The van der Waals surface area contributed by atoms with E-state index in [0.29, 0.717) is 5.11 Å². The molecule has 0 aliphatic carbocycles. The molecule has 2 N–H and O–H groups in total. The highest BCUT2D eigenvalue weighted by Crippen LogP contribution is 2.11. The molecule has 0 amide bonds. The second kappa shape index (κ2) is 9.33. The van der Waals surface area contributed by atoms with Crippen molar-refractivity contribution in [3.8, 4) is 5.75 Å². The van der Waals surface area contributed by atoms with Gasteiger partial charge in [0.25, 0.3) is 0 Å². The van der Waals surface area contributed by atoms with Gasteiger partial charge in [0.05, 0.1) is 12.8 Å². The molecule has 0 heterocycles. The Bertz CT molecular complexity index is 404. The molecule has 0 fully saturated rings. The van der Waals surface area contributed by atoms with Gasteiger partial charge >= 0.3 is 0 Å². The molecule has 1 aromatic rings. The van der Waals surface area contributed by atoms with Crippen molar-refractivity contribution < 1.29 is 4.74 Å². The van der Waals surface area contributed by atoms with Crippen LogP contribution in [-0.2, 0) is 0 Å². The van der Waals surface area contributed by atoms with E-state index in [4.69, 9.17) is 17.0 Å². The van der Waals surface area contributed by atoms with Crippen LogP contribution in [0.2, 0.25) is 0 Å². The molecule has 19 heavy (non-hydrogen) atoms. The van der Waals surface area contributed by atoms with Crippen molar-refractivity contribution >= 4 is 23.5 Å². The van der Waals surface area contributed by atoms with Crippen molar-refractivity contribution in [2.75, 3.05) is 13.7 Å². The average Bonchev–Trinajstić information content (AvgIpc) is 2.45. The molecule has 0 atom stereocenters. The Labute approximate surface area is 120 Å². The summed E-state index contributed by atoms with van der Waals surface area (Å²) in [6.45, 7) is 2.96. The number of benzene rings is 1. The highest BCUT2D eigenvalue weighted by atomic mass is 32.1. The van der Waals surface area contributed by atoms with Gasteiger partial charge < -0.3 is 10.1 Å². The zero-order chi connectivity index (χ0) is 13.9. The van der Waals surface area contributed by atoms with E-state index in [9.17, 15) is 0 Å². The van der Waals surface area contributed by atoms with Gasteiger partial charge in [0.15, 0.2) is 5.11 Å². The number of rotatable bonds is 7. The summed E-state index contributed by atoms with van der Waals surface area (Å²) in [4.78, 5) is 0. The van der Waals surface area contributed by atoms with E-state index in [0.717, 1.165) is 24.3 Å². The molecule has 0 aromatic heterocycles. The summed E-state index contributed by atoms with van der Waals surface area (Å²) in [6.07, 6.45) is 5.23. The molecule has 0 aliphatic heterocycles. The lowest BCUT2D eigenvalue weighted by Gasteiger charge is -2.05. The Morgan fingerprint density at radius 2 is 2.05 bits per heavy atom. The monoisotopic (exact) mass is 279 g/mol. The van der Waals surface area contributed by atoms with Crippen molar-refractivity contribution in [1.29, 1.82) is 0 Å². The molecular weight excluding hydrogens is 258 g/mol. The number of thiocarbonyl (C=S) groups is 1. The average molecular weight is 279 g/mol. The summed E-state index contributed by atoms with van der Waals surface area (Å²) in [6, 6.07) is 7.82. The number of hydrogen-bond donors (Lipinski definition) is 2. The van der Waals surface area contributed by atoms with Crippen LogP contribution in [0.25, 0.3) is 0 Å². The zero-order valence-electron chi connectivity index (χ0n) is 11.5. The summed E-state index contributed by atoms with van der Waals surface area (Å²) in [5.41, 5.74) is 3.70. The van der Waals surface area contributed by atoms with Crippen LogP contribution in [0.3, 0.4) is 0 Å². The van der Waals surface area contributed by atoms with E-state index in [2.05, 4.69) is 22.8 Å². The summed E-state index contributed by atoms with van der Waals surface area (Å²) in [5.74, 6) is 0.895. The van der Waals surface area contributed by atoms with Crippen LogP contribution in [0.15, 0.2) is 29.4 Å². The van der Waals surface area contributed by atoms with Crippen molar-refractivity contribution in [3.05, 3.63) is 29.8 Å². The molecule has 0 bridgehead atoms. The SMILES string of the molecule is CCCCCOc1ccc(/C=N\NC(=S)NC)cc1. The maximum absolute atomic E-state index is 5.63. The first kappa shape index (κ1) is 15.4. The Hall–Kier alpha value is -1.62. The van der Waals surface area contributed by atoms with Gasteiger partial charge in [0.2, 0.25) is 0 Å². The fourth-order valence-electron chi connectivity index (χ4n) is 1.41. The first-order chi connectivity index (χ1) is 9.26. The van der Waals surface area contributed by atoms with Crippen molar-refractivity contribution in [1.82, 2.24) is 10.7 Å². The normalized spacial score (nSPS) is 10.4. The number of unbranched alkanes of at least 4 members (excludes halogenated alkanes) is 2. The molecule has 0 radical (unpaired) electrons. The van der Waals surface area contributed by atoms with Crippen LogP contribution >= 0.6 is 12.2 Å². The highest BCUT2D eigenvalue weighted by Gasteiger charge is 1.94. The van der Waals surface area contributed by atoms with Crippen molar-refractivity contribution in [3.63, 3.8) is 0 Å². The minimum atomic E-state index is 0.493. The van der Waals surface area contributed by atoms with Gasteiger partial charge in [-0.25, -0.2) is 0 Å². The van der Waals surface area contributed by atoms with Crippen LogP contribution in [0.5, 0.6) is 5.75 Å². The molecule has 5 heteroatoms. The molecule has 0 aliphatic rings. The molecule has 0 saturated carbocycles. The maximum Gasteiger partial charge on any atom is 0.186 e. The maximum atomic E-state index is 5.63. The highest BCUT2D eigenvalue weighted by molar-refractivity contribution is 7.80. The molecule has 0 saturated heterocycles. The fourth-order valence-corrected chi connectivity index (χ4v) is 1.47. The van der Waals surface area contributed by atoms with Crippen molar-refractivity contribution in [2.45, 2.75) is 26.2 Å². The van der Waals surface area contributed by atoms with Crippen LogP contribution < -0.4 is 15.5 Å². The molecule has 104 valence electrons. The lowest BCUT2D eigenvalue weighted by molar-refractivity contribution is 0.306. The number of hydrazone groups is 1. The lowest BCUT2D eigenvalue weighted by Crippen LogP contribution is -2.28. The minimum Gasteiger partial charge on any atom is -0.494 e. The van der Waals surface area contributed by atoms with Crippen LogP contribution in [0, 0.1) is 0 Å². The zero-order valence-corrected chi connectivity index (χ0v) is 12.3.